The van der Waals surface area contributed by atoms with E-state index in [1.807, 2.05) is 12.1 Å². The molecule has 126 valence electrons. The maximum Gasteiger partial charge on any atom is 0.258 e. The lowest BCUT2D eigenvalue weighted by atomic mass is 10.2. The number of likely N-dealkylation sites (N-methyl/N-ethyl adjacent to an activating group) is 1. The molecule has 0 atom stereocenters. The van der Waals surface area contributed by atoms with Gasteiger partial charge >= 0.3 is 0 Å². The molecule has 7 heteroatoms. The summed E-state index contributed by atoms with van der Waals surface area (Å²) in [7, 11) is 2.13. The highest BCUT2D eigenvalue weighted by Crippen LogP contribution is 2.23. The second-order valence-corrected chi connectivity index (χ2v) is 7.06. The fraction of sp³-hybridized carbons (Fsp3) is 0.294. The zero-order valence-electron chi connectivity index (χ0n) is 13.3. The van der Waals surface area contributed by atoms with Crippen molar-refractivity contribution in [2.45, 2.75) is 0 Å². The summed E-state index contributed by atoms with van der Waals surface area (Å²) in [6, 6.07) is 8.91. The summed E-state index contributed by atoms with van der Waals surface area (Å²) >= 11 is 9.32. The van der Waals surface area contributed by atoms with Crippen molar-refractivity contribution in [1.29, 1.82) is 0 Å². The molecule has 0 aliphatic carbocycles. The number of halogens is 2. The zero-order chi connectivity index (χ0) is 17.1. The van der Waals surface area contributed by atoms with Crippen molar-refractivity contribution in [3.05, 3.63) is 51.6 Å². The fourth-order valence-corrected chi connectivity index (χ4v) is 3.17. The molecule has 1 N–H and O–H groups in total. The van der Waals surface area contributed by atoms with Gasteiger partial charge in [-0.25, -0.2) is 4.98 Å². The van der Waals surface area contributed by atoms with Gasteiger partial charge in [0.2, 0.25) is 0 Å². The first-order valence-corrected chi connectivity index (χ1v) is 8.86. The Labute approximate surface area is 154 Å². The summed E-state index contributed by atoms with van der Waals surface area (Å²) in [5, 5.41) is 3.31. The topological polar surface area (TPSA) is 48.5 Å². The van der Waals surface area contributed by atoms with Gasteiger partial charge in [-0.15, -0.1) is 0 Å². The Bertz CT molecular complexity index is 730. The predicted octanol–water partition coefficient (Wildman–Crippen LogP) is 3.50. The van der Waals surface area contributed by atoms with Crippen LogP contribution in [-0.2, 0) is 0 Å². The molecule has 0 radical (unpaired) electrons. The Hall–Kier alpha value is -1.63. The van der Waals surface area contributed by atoms with E-state index in [0.717, 1.165) is 31.9 Å². The summed E-state index contributed by atoms with van der Waals surface area (Å²) in [6.45, 7) is 4.06. The van der Waals surface area contributed by atoms with Crippen molar-refractivity contribution in [2.75, 3.05) is 43.4 Å². The molecule has 1 aromatic carbocycles. The zero-order valence-corrected chi connectivity index (χ0v) is 15.6. The van der Waals surface area contributed by atoms with Gasteiger partial charge in [0.25, 0.3) is 5.91 Å². The lowest BCUT2D eigenvalue weighted by Crippen LogP contribution is -2.44. The maximum atomic E-state index is 12.4. The SMILES string of the molecule is CN1CCN(c2ccc(NC(=O)c3cc(Cl)ccc3Br)nc2)CC1. The lowest BCUT2D eigenvalue weighted by Gasteiger charge is -2.33. The van der Waals surface area contributed by atoms with Gasteiger partial charge in [-0.1, -0.05) is 11.6 Å². The molecule has 24 heavy (non-hydrogen) atoms. The number of benzene rings is 1. The highest BCUT2D eigenvalue weighted by molar-refractivity contribution is 9.10. The molecule has 0 unspecified atom stereocenters. The second-order valence-electron chi connectivity index (χ2n) is 5.77. The molecule has 1 saturated heterocycles. The van der Waals surface area contributed by atoms with Gasteiger partial charge < -0.3 is 15.1 Å². The van der Waals surface area contributed by atoms with Crippen LogP contribution in [-0.4, -0.2) is 49.0 Å². The van der Waals surface area contributed by atoms with E-state index >= 15 is 0 Å². The van der Waals surface area contributed by atoms with E-state index in [1.54, 1.807) is 24.4 Å². The minimum absolute atomic E-state index is 0.246. The van der Waals surface area contributed by atoms with Crippen LogP contribution in [0.3, 0.4) is 0 Å². The number of nitrogens with one attached hydrogen (secondary N) is 1. The summed E-state index contributed by atoms with van der Waals surface area (Å²) in [6.07, 6.45) is 1.80. The van der Waals surface area contributed by atoms with Crippen molar-refractivity contribution in [3.63, 3.8) is 0 Å². The van der Waals surface area contributed by atoms with E-state index in [0.29, 0.717) is 20.9 Å². The normalized spacial score (nSPS) is 15.4. The van der Waals surface area contributed by atoms with E-state index < -0.39 is 0 Å². The standard InChI is InChI=1S/C17H18BrClN4O/c1-22-6-8-23(9-7-22)13-3-5-16(20-11-13)21-17(24)14-10-12(19)2-4-15(14)18/h2-5,10-11H,6-9H2,1H3,(H,20,21,24). The van der Waals surface area contributed by atoms with Gasteiger partial charge in [-0.2, -0.15) is 0 Å². The van der Waals surface area contributed by atoms with Crippen molar-refractivity contribution in [3.8, 4) is 0 Å². The molecule has 0 bridgehead atoms. The molecular formula is C17H18BrClN4O. The summed E-state index contributed by atoms with van der Waals surface area (Å²) in [4.78, 5) is 21.3. The van der Waals surface area contributed by atoms with Crippen LogP contribution in [0.1, 0.15) is 10.4 Å². The third-order valence-electron chi connectivity index (χ3n) is 4.03. The molecule has 2 heterocycles. The molecule has 0 saturated carbocycles. The van der Waals surface area contributed by atoms with Gasteiger partial charge in [-0.3, -0.25) is 4.79 Å². The molecular weight excluding hydrogens is 392 g/mol. The number of hydrogen-bond donors (Lipinski definition) is 1. The van der Waals surface area contributed by atoms with E-state index in [4.69, 9.17) is 11.6 Å². The predicted molar refractivity (Wildman–Crippen MR) is 101 cm³/mol. The van der Waals surface area contributed by atoms with Gasteiger partial charge in [-0.05, 0) is 53.3 Å². The largest absolute Gasteiger partial charge is 0.368 e. The summed E-state index contributed by atoms with van der Waals surface area (Å²) in [5.74, 6) is 0.272. The van der Waals surface area contributed by atoms with Crippen LogP contribution in [0.15, 0.2) is 41.0 Å². The highest BCUT2D eigenvalue weighted by atomic mass is 79.9. The van der Waals surface area contributed by atoms with E-state index in [1.165, 1.54) is 0 Å². The number of amides is 1. The molecule has 1 amide bonds. The highest BCUT2D eigenvalue weighted by Gasteiger charge is 2.15. The van der Waals surface area contributed by atoms with E-state index in [9.17, 15) is 4.79 Å². The molecule has 1 fully saturated rings. The first kappa shape index (κ1) is 17.2. The fourth-order valence-electron chi connectivity index (χ4n) is 2.57. The Balaban J connectivity index is 1.68. The molecule has 3 rings (SSSR count). The second kappa shape index (κ2) is 7.51. The van der Waals surface area contributed by atoms with Crippen LogP contribution in [0, 0.1) is 0 Å². The molecule has 1 aliphatic rings. The first-order chi connectivity index (χ1) is 11.5. The minimum atomic E-state index is -0.246. The minimum Gasteiger partial charge on any atom is -0.368 e. The average Bonchev–Trinajstić information content (AvgIpc) is 2.58. The maximum absolute atomic E-state index is 12.4. The lowest BCUT2D eigenvalue weighted by molar-refractivity contribution is 0.102. The van der Waals surface area contributed by atoms with Gasteiger partial charge in [0.1, 0.15) is 5.82 Å². The van der Waals surface area contributed by atoms with Crippen LogP contribution in [0.2, 0.25) is 5.02 Å². The van der Waals surface area contributed by atoms with Crippen LogP contribution < -0.4 is 10.2 Å². The molecule has 1 aromatic heterocycles. The molecule has 0 spiro atoms. The van der Waals surface area contributed by atoms with E-state index in [2.05, 4.69) is 43.1 Å². The Kier molecular flexibility index (Phi) is 5.38. The number of nitrogens with zero attached hydrogens (tertiary/aromatic N) is 3. The average molecular weight is 410 g/mol. The monoisotopic (exact) mass is 408 g/mol. The molecule has 2 aromatic rings. The number of piperazine rings is 1. The summed E-state index contributed by atoms with van der Waals surface area (Å²) < 4.78 is 0.693. The number of rotatable bonds is 3. The summed E-state index contributed by atoms with van der Waals surface area (Å²) in [5.41, 5.74) is 1.55. The van der Waals surface area contributed by atoms with Gasteiger partial charge in [0.05, 0.1) is 17.4 Å². The van der Waals surface area contributed by atoms with Crippen LogP contribution >= 0.6 is 27.5 Å². The van der Waals surface area contributed by atoms with Crippen LogP contribution in [0.5, 0.6) is 0 Å². The first-order valence-electron chi connectivity index (χ1n) is 7.69. The van der Waals surface area contributed by atoms with Gasteiger partial charge in [0.15, 0.2) is 0 Å². The third-order valence-corrected chi connectivity index (χ3v) is 4.96. The van der Waals surface area contributed by atoms with Crippen molar-refractivity contribution < 1.29 is 4.79 Å². The Morgan fingerprint density at radius 2 is 1.96 bits per heavy atom. The number of hydrogen-bond acceptors (Lipinski definition) is 4. The smallest absolute Gasteiger partial charge is 0.258 e. The molecule has 5 nitrogen and oxygen atoms in total. The van der Waals surface area contributed by atoms with Gasteiger partial charge in [0, 0.05) is 35.7 Å². The van der Waals surface area contributed by atoms with Crippen LogP contribution in [0.4, 0.5) is 11.5 Å². The number of carbonyl (C=O) groups is 1. The van der Waals surface area contributed by atoms with Crippen molar-refractivity contribution in [2.24, 2.45) is 0 Å². The number of aromatic nitrogens is 1. The molecule has 1 aliphatic heterocycles. The van der Waals surface area contributed by atoms with E-state index in [-0.39, 0.29) is 5.91 Å². The van der Waals surface area contributed by atoms with Crippen molar-refractivity contribution >= 4 is 44.9 Å². The Morgan fingerprint density at radius 1 is 1.21 bits per heavy atom. The third kappa shape index (κ3) is 4.06. The number of carbonyl (C=O) groups excluding carboxylic acids is 1. The quantitative estimate of drug-likeness (QED) is 0.843. The van der Waals surface area contributed by atoms with Crippen LogP contribution in [0.25, 0.3) is 0 Å². The number of anilines is 2. The Morgan fingerprint density at radius 3 is 2.62 bits per heavy atom. The number of pyridine rings is 1. The van der Waals surface area contributed by atoms with Crippen molar-refractivity contribution in [1.82, 2.24) is 9.88 Å².